The van der Waals surface area contributed by atoms with Crippen molar-refractivity contribution in [3.63, 3.8) is 0 Å². The van der Waals surface area contributed by atoms with Gasteiger partial charge in [0.1, 0.15) is 12.4 Å². The Balaban J connectivity index is 1.27. The predicted molar refractivity (Wildman–Crippen MR) is 141 cm³/mol. The molecule has 1 saturated carbocycles. The molecule has 1 amide bonds. The molecule has 6 heteroatoms. The average Bonchev–Trinajstić information content (AvgIpc) is 2.93. The van der Waals surface area contributed by atoms with Gasteiger partial charge in [0.05, 0.1) is 0 Å². The van der Waals surface area contributed by atoms with Gasteiger partial charge in [-0.1, -0.05) is 69.0 Å². The predicted octanol–water partition coefficient (Wildman–Crippen LogP) is 6.54. The van der Waals surface area contributed by atoms with Crippen LogP contribution >= 0.6 is 0 Å². The zero-order chi connectivity index (χ0) is 25.7. The number of carbonyl (C=O) groups excluding carboxylic acids is 2. The van der Waals surface area contributed by atoms with E-state index in [1.54, 1.807) is 0 Å². The van der Waals surface area contributed by atoms with E-state index in [1.165, 1.54) is 24.0 Å². The van der Waals surface area contributed by atoms with Crippen LogP contribution in [0.15, 0.2) is 48.5 Å². The normalized spacial score (nSPS) is 24.0. The van der Waals surface area contributed by atoms with E-state index in [0.29, 0.717) is 25.5 Å². The molecule has 0 unspecified atom stereocenters. The molecule has 5 rings (SSSR count). The molecule has 1 heterocycles. The van der Waals surface area contributed by atoms with Crippen LogP contribution in [0, 0.1) is 5.92 Å². The molecule has 1 saturated heterocycles. The van der Waals surface area contributed by atoms with Gasteiger partial charge in [0, 0.05) is 24.4 Å². The largest absolute Gasteiger partial charge is 0.457 e. The van der Waals surface area contributed by atoms with E-state index < -0.39 is 0 Å². The van der Waals surface area contributed by atoms with E-state index in [4.69, 9.17) is 14.2 Å². The van der Waals surface area contributed by atoms with Crippen molar-refractivity contribution in [2.45, 2.75) is 89.2 Å². The highest BCUT2D eigenvalue weighted by molar-refractivity contribution is 5.69. The maximum Gasteiger partial charge on any atom is 0.410 e. The van der Waals surface area contributed by atoms with Crippen LogP contribution < -0.4 is 4.74 Å². The van der Waals surface area contributed by atoms with Crippen LogP contribution in [0.1, 0.15) is 81.4 Å². The summed E-state index contributed by atoms with van der Waals surface area (Å²) < 4.78 is 16.9. The second-order valence-electron chi connectivity index (χ2n) is 10.8. The number of carbonyl (C=O) groups is 2. The Morgan fingerprint density at radius 1 is 1.03 bits per heavy atom. The number of unbranched alkanes of at least 4 members (excludes halogenated alkanes) is 2. The first-order valence-corrected chi connectivity index (χ1v) is 14.0. The quantitative estimate of drug-likeness (QED) is 0.220. The smallest absolute Gasteiger partial charge is 0.410 e. The summed E-state index contributed by atoms with van der Waals surface area (Å²) in [5, 5.41) is 0. The van der Waals surface area contributed by atoms with Gasteiger partial charge in [-0.25, -0.2) is 4.79 Å². The number of hydrogen-bond acceptors (Lipinski definition) is 5. The monoisotopic (exact) mass is 505 g/mol. The Hall–Kier alpha value is -3.02. The molecular weight excluding hydrogens is 466 g/mol. The highest BCUT2D eigenvalue weighted by Crippen LogP contribution is 2.56. The number of amides is 1. The number of ether oxygens (including phenoxy) is 3. The maximum atomic E-state index is 13.2. The third-order valence-electron chi connectivity index (χ3n) is 8.68. The Kier molecular flexibility index (Phi) is 8.02. The highest BCUT2D eigenvalue weighted by Gasteiger charge is 2.55. The minimum absolute atomic E-state index is 0.0518. The van der Waals surface area contributed by atoms with Crippen molar-refractivity contribution < 1.29 is 23.8 Å². The Morgan fingerprint density at radius 2 is 1.89 bits per heavy atom. The number of fused-ring (bicyclic) bond motifs is 1. The average molecular weight is 506 g/mol. The number of rotatable bonds is 9. The molecule has 0 spiro atoms. The Bertz CT molecular complexity index is 1090. The van der Waals surface area contributed by atoms with Gasteiger partial charge < -0.3 is 19.1 Å². The van der Waals surface area contributed by atoms with Crippen LogP contribution in [0.5, 0.6) is 5.75 Å². The molecule has 6 nitrogen and oxygen atoms in total. The maximum absolute atomic E-state index is 13.2. The molecule has 2 aromatic carbocycles. The van der Waals surface area contributed by atoms with E-state index in [1.807, 2.05) is 41.3 Å². The van der Waals surface area contributed by atoms with E-state index in [-0.39, 0.29) is 30.3 Å². The van der Waals surface area contributed by atoms with Gasteiger partial charge in [0.15, 0.2) is 0 Å². The lowest BCUT2D eigenvalue weighted by molar-refractivity contribution is -0.150. The Labute approximate surface area is 220 Å². The summed E-state index contributed by atoms with van der Waals surface area (Å²) in [5.41, 5.74) is 3.75. The van der Waals surface area contributed by atoms with Gasteiger partial charge in [0.25, 0.3) is 0 Å². The summed E-state index contributed by atoms with van der Waals surface area (Å²) in [4.78, 5) is 27.1. The number of likely N-dealkylation sites (tertiary alicyclic amines) is 1. The first kappa shape index (κ1) is 25.6. The fourth-order valence-corrected chi connectivity index (χ4v) is 6.86. The third-order valence-corrected chi connectivity index (χ3v) is 8.68. The molecule has 0 radical (unpaired) electrons. The zero-order valence-electron chi connectivity index (χ0n) is 22.0. The van der Waals surface area contributed by atoms with Gasteiger partial charge in [-0.15, -0.1) is 0 Å². The lowest BCUT2D eigenvalue weighted by Crippen LogP contribution is -2.62. The fraction of sp³-hybridized carbons (Fsp3) is 0.548. The summed E-state index contributed by atoms with van der Waals surface area (Å²) in [6.07, 6.45) is 9.69. The minimum atomic E-state index is -0.202. The zero-order valence-corrected chi connectivity index (χ0v) is 22.0. The Morgan fingerprint density at radius 3 is 2.73 bits per heavy atom. The third kappa shape index (κ3) is 5.48. The second kappa shape index (κ2) is 11.6. The van der Waals surface area contributed by atoms with Gasteiger partial charge in [-0.2, -0.15) is 0 Å². The molecule has 2 fully saturated rings. The summed E-state index contributed by atoms with van der Waals surface area (Å²) in [6, 6.07) is 16.3. The second-order valence-corrected chi connectivity index (χ2v) is 10.8. The summed E-state index contributed by atoms with van der Waals surface area (Å²) in [7, 11) is 0. The summed E-state index contributed by atoms with van der Waals surface area (Å²) in [6.45, 7) is 3.09. The lowest BCUT2D eigenvalue weighted by atomic mass is 9.52. The molecule has 1 aliphatic heterocycles. The fourth-order valence-electron chi connectivity index (χ4n) is 6.86. The summed E-state index contributed by atoms with van der Waals surface area (Å²) >= 11 is 0. The number of piperidine rings is 1. The van der Waals surface area contributed by atoms with Gasteiger partial charge in [-0.05, 0) is 66.8 Å². The summed E-state index contributed by atoms with van der Waals surface area (Å²) in [5.74, 6) is 0.979. The molecule has 3 aliphatic rings. The van der Waals surface area contributed by atoms with E-state index in [0.717, 1.165) is 56.3 Å². The highest BCUT2D eigenvalue weighted by atomic mass is 16.7. The van der Waals surface area contributed by atoms with Crippen LogP contribution in [0.25, 0.3) is 0 Å². The van der Waals surface area contributed by atoms with Crippen LogP contribution in [0.2, 0.25) is 0 Å². The van der Waals surface area contributed by atoms with Gasteiger partial charge in [-0.3, -0.25) is 4.79 Å². The number of benzene rings is 2. The van der Waals surface area contributed by atoms with Crippen molar-refractivity contribution >= 4 is 12.1 Å². The molecule has 2 bridgehead atoms. The molecule has 198 valence electrons. The van der Waals surface area contributed by atoms with Crippen LogP contribution in [0.3, 0.4) is 0 Å². The number of esters is 1. The number of nitrogens with zero attached hydrogens (tertiary/aromatic N) is 1. The van der Waals surface area contributed by atoms with Crippen molar-refractivity contribution in [2.75, 3.05) is 13.3 Å². The van der Waals surface area contributed by atoms with Gasteiger partial charge >= 0.3 is 12.1 Å². The molecular formula is C31H39NO5. The molecule has 0 aromatic heterocycles. The van der Waals surface area contributed by atoms with E-state index in [9.17, 15) is 9.59 Å². The topological polar surface area (TPSA) is 65.1 Å². The molecule has 3 atom stereocenters. The standard InChI is InChI=1S/C31H39NO5/c1-2-3-5-13-29(33)37-22-36-25-15-14-24-19-28-26-12-8-9-16-31(26,27(24)20-25)17-18-32(28)30(34)35-21-23-10-6-4-7-11-23/h4,6-7,10-11,14-15,20,26,28H,2-3,5,8-9,12-13,16-19,21-22H2,1H3/t26-,28+,31-/m1/s1. The first-order chi connectivity index (χ1) is 18.1. The number of hydrogen-bond donors (Lipinski definition) is 0. The van der Waals surface area contributed by atoms with E-state index in [2.05, 4.69) is 19.1 Å². The van der Waals surface area contributed by atoms with Crippen LogP contribution in [0.4, 0.5) is 4.79 Å². The minimum Gasteiger partial charge on any atom is -0.457 e. The molecule has 0 N–H and O–H groups in total. The SMILES string of the molecule is CCCCCC(=O)OCOc1ccc2c(c1)[C@@]13CCCC[C@@H]1[C@H](C2)N(C(=O)OCc1ccccc1)CC3. The molecule has 2 aliphatic carbocycles. The molecule has 37 heavy (non-hydrogen) atoms. The van der Waals surface area contributed by atoms with Crippen molar-refractivity contribution in [1.82, 2.24) is 4.90 Å². The van der Waals surface area contributed by atoms with Crippen molar-refractivity contribution in [3.8, 4) is 5.75 Å². The van der Waals surface area contributed by atoms with Crippen molar-refractivity contribution in [1.29, 1.82) is 0 Å². The van der Waals surface area contributed by atoms with Gasteiger partial charge in [0.2, 0.25) is 6.79 Å². The molecule has 2 aromatic rings. The lowest BCUT2D eigenvalue weighted by Gasteiger charge is -2.58. The first-order valence-electron chi connectivity index (χ1n) is 14.0. The van der Waals surface area contributed by atoms with Crippen LogP contribution in [-0.4, -0.2) is 36.3 Å². The van der Waals surface area contributed by atoms with Crippen molar-refractivity contribution in [3.05, 3.63) is 65.2 Å². The van der Waals surface area contributed by atoms with Crippen molar-refractivity contribution in [2.24, 2.45) is 5.92 Å². The van der Waals surface area contributed by atoms with Crippen LogP contribution in [-0.2, 0) is 32.7 Å². The van der Waals surface area contributed by atoms with E-state index >= 15 is 0 Å².